The van der Waals surface area contributed by atoms with Gasteiger partial charge in [-0.3, -0.25) is 24.5 Å². The van der Waals surface area contributed by atoms with Gasteiger partial charge in [0.25, 0.3) is 23.4 Å². The lowest BCUT2D eigenvalue weighted by Gasteiger charge is -2.29. The van der Waals surface area contributed by atoms with Gasteiger partial charge in [-0.1, -0.05) is 42.0 Å². The number of aryl methyl sites for hydroxylation is 1. The van der Waals surface area contributed by atoms with Crippen LogP contribution >= 0.6 is 0 Å². The molecule has 3 aromatic carbocycles. The summed E-state index contributed by atoms with van der Waals surface area (Å²) < 4.78 is 0. The number of nitrogens with two attached hydrogens (primary N) is 1. The second-order valence-corrected chi connectivity index (χ2v) is 8.79. The number of nitrogens with one attached hydrogen (secondary N) is 1. The first kappa shape index (κ1) is 25.5. The minimum absolute atomic E-state index is 0.133. The van der Waals surface area contributed by atoms with E-state index in [0.717, 1.165) is 16.7 Å². The lowest BCUT2D eigenvalue weighted by Crippen LogP contribution is -2.53. The Morgan fingerprint density at radius 3 is 2.16 bits per heavy atom. The van der Waals surface area contributed by atoms with Gasteiger partial charge in [-0.05, 0) is 42.3 Å². The summed E-state index contributed by atoms with van der Waals surface area (Å²) in [5.41, 5.74) is 8.80. The van der Waals surface area contributed by atoms with Crippen molar-refractivity contribution in [3.8, 4) is 0 Å². The van der Waals surface area contributed by atoms with Crippen molar-refractivity contribution in [2.75, 3.05) is 13.1 Å². The van der Waals surface area contributed by atoms with Crippen LogP contribution < -0.4 is 11.1 Å². The Labute approximate surface area is 213 Å². The first-order chi connectivity index (χ1) is 17.8. The highest BCUT2D eigenvalue weighted by Gasteiger charge is 2.43. The Kier molecular flexibility index (Phi) is 7.59. The minimum Gasteiger partial charge on any atom is -0.349 e. The van der Waals surface area contributed by atoms with Crippen molar-refractivity contribution in [2.24, 2.45) is 5.73 Å². The third-order valence-electron chi connectivity index (χ3n) is 6.21. The second-order valence-electron chi connectivity index (χ2n) is 8.79. The Morgan fingerprint density at radius 2 is 1.54 bits per heavy atom. The maximum absolute atomic E-state index is 13.5. The molecule has 3 amide bonds. The van der Waals surface area contributed by atoms with Crippen molar-refractivity contribution in [1.82, 2.24) is 15.1 Å². The summed E-state index contributed by atoms with van der Waals surface area (Å²) in [7, 11) is 0. The Bertz CT molecular complexity index is 1340. The average molecular weight is 502 g/mol. The summed E-state index contributed by atoms with van der Waals surface area (Å²) in [6, 6.07) is 19.7. The molecule has 1 aliphatic rings. The van der Waals surface area contributed by atoms with Gasteiger partial charge in [-0.2, -0.15) is 0 Å². The van der Waals surface area contributed by atoms with Crippen LogP contribution in [0.4, 0.5) is 5.69 Å². The summed E-state index contributed by atoms with van der Waals surface area (Å²) in [4.78, 5) is 53.4. The fraction of sp³-hybridized carbons (Fsp3) is 0.222. The molecule has 10 nitrogen and oxygen atoms in total. The predicted molar refractivity (Wildman–Crippen MR) is 136 cm³/mol. The summed E-state index contributed by atoms with van der Waals surface area (Å²) >= 11 is 0. The Hall–Kier alpha value is -4.57. The normalized spacial score (nSPS) is 14.9. The van der Waals surface area contributed by atoms with Crippen LogP contribution in [-0.4, -0.2) is 51.7 Å². The van der Waals surface area contributed by atoms with Gasteiger partial charge in [0.1, 0.15) is 0 Å². The van der Waals surface area contributed by atoms with Crippen molar-refractivity contribution >= 4 is 23.4 Å². The van der Waals surface area contributed by atoms with E-state index in [1.54, 1.807) is 18.2 Å². The molecular weight excluding hydrogens is 474 g/mol. The zero-order valence-electron chi connectivity index (χ0n) is 20.3. The van der Waals surface area contributed by atoms with Crippen LogP contribution in [0.3, 0.4) is 0 Å². The maximum Gasteiger partial charge on any atom is 0.269 e. The molecule has 1 fully saturated rings. The number of nitro groups is 1. The van der Waals surface area contributed by atoms with Crippen LogP contribution in [-0.2, 0) is 17.9 Å². The van der Waals surface area contributed by atoms with Crippen molar-refractivity contribution in [1.29, 1.82) is 0 Å². The van der Waals surface area contributed by atoms with E-state index in [1.165, 1.54) is 34.1 Å². The molecule has 0 aliphatic carbocycles. The van der Waals surface area contributed by atoms with Crippen molar-refractivity contribution in [3.63, 3.8) is 0 Å². The van der Waals surface area contributed by atoms with E-state index in [4.69, 9.17) is 5.73 Å². The molecule has 0 radical (unpaired) electrons. The average Bonchev–Trinajstić information content (AvgIpc) is 3.36. The third-order valence-corrected chi connectivity index (χ3v) is 6.21. The van der Waals surface area contributed by atoms with Crippen LogP contribution in [0.5, 0.6) is 0 Å². The quantitative estimate of drug-likeness (QED) is 0.377. The van der Waals surface area contributed by atoms with E-state index in [2.05, 4.69) is 5.32 Å². The first-order valence-corrected chi connectivity index (χ1v) is 11.8. The van der Waals surface area contributed by atoms with E-state index in [0.29, 0.717) is 12.1 Å². The van der Waals surface area contributed by atoms with Gasteiger partial charge in [0.05, 0.1) is 4.92 Å². The van der Waals surface area contributed by atoms with Crippen molar-refractivity contribution in [3.05, 3.63) is 111 Å². The van der Waals surface area contributed by atoms with E-state index < -0.39 is 22.9 Å². The standard InChI is InChI=1S/C27H27N5O5/c1-18-4-2-7-22(14-18)27(35)31-13-12-30(26(34)21-8-10-23(11-9-21)32(36)37)25(31)24(33)29-17-20-6-3-5-19(15-20)16-28/h2-11,14-15,25H,12-13,16-17,28H2,1H3,(H,29,33). The van der Waals surface area contributed by atoms with E-state index in [-0.39, 0.29) is 36.8 Å². The molecule has 0 bridgehead atoms. The zero-order valence-corrected chi connectivity index (χ0v) is 20.3. The summed E-state index contributed by atoms with van der Waals surface area (Å²) in [5.74, 6) is -1.38. The molecule has 1 atom stereocenters. The van der Waals surface area contributed by atoms with Crippen LogP contribution in [0.15, 0.2) is 72.8 Å². The fourth-order valence-electron chi connectivity index (χ4n) is 4.32. The molecule has 10 heteroatoms. The third kappa shape index (κ3) is 5.65. The van der Waals surface area contributed by atoms with Crippen LogP contribution in [0.1, 0.15) is 37.4 Å². The minimum atomic E-state index is -1.19. The molecule has 1 aliphatic heterocycles. The molecule has 1 saturated heterocycles. The number of carbonyl (C=O) groups excluding carboxylic acids is 3. The highest BCUT2D eigenvalue weighted by Crippen LogP contribution is 2.23. The number of nitrogens with zero attached hydrogens (tertiary/aromatic N) is 3. The molecule has 190 valence electrons. The molecule has 4 rings (SSSR count). The lowest BCUT2D eigenvalue weighted by molar-refractivity contribution is -0.384. The SMILES string of the molecule is Cc1cccc(C(=O)N2CCN(C(=O)c3ccc([N+](=O)[O-])cc3)C2C(=O)NCc2cccc(CN)c2)c1. The number of nitro benzene ring substituents is 1. The lowest BCUT2D eigenvalue weighted by atomic mass is 10.1. The van der Waals surface area contributed by atoms with Crippen molar-refractivity contribution < 1.29 is 19.3 Å². The molecule has 0 spiro atoms. The molecular formula is C27H27N5O5. The van der Waals surface area contributed by atoms with E-state index >= 15 is 0 Å². The van der Waals surface area contributed by atoms with Gasteiger partial charge in [-0.25, -0.2) is 0 Å². The summed E-state index contributed by atoms with van der Waals surface area (Å²) in [6.07, 6.45) is -1.19. The van der Waals surface area contributed by atoms with Crippen LogP contribution in [0.2, 0.25) is 0 Å². The molecule has 3 N–H and O–H groups in total. The molecule has 3 aromatic rings. The Balaban J connectivity index is 1.61. The maximum atomic E-state index is 13.5. The van der Waals surface area contributed by atoms with Crippen molar-refractivity contribution in [2.45, 2.75) is 26.2 Å². The second kappa shape index (κ2) is 11.0. The molecule has 37 heavy (non-hydrogen) atoms. The number of rotatable bonds is 7. The van der Waals surface area contributed by atoms with Gasteiger partial charge in [-0.15, -0.1) is 0 Å². The number of benzene rings is 3. The van der Waals surface area contributed by atoms with E-state index in [9.17, 15) is 24.5 Å². The highest BCUT2D eigenvalue weighted by atomic mass is 16.6. The zero-order chi connectivity index (χ0) is 26.5. The number of hydrogen-bond acceptors (Lipinski definition) is 6. The molecule has 0 saturated carbocycles. The fourth-order valence-corrected chi connectivity index (χ4v) is 4.32. The van der Waals surface area contributed by atoms with Crippen LogP contribution in [0, 0.1) is 17.0 Å². The number of carbonyl (C=O) groups is 3. The monoisotopic (exact) mass is 501 g/mol. The van der Waals surface area contributed by atoms with Gasteiger partial charge in [0.15, 0.2) is 6.17 Å². The van der Waals surface area contributed by atoms with Crippen LogP contribution in [0.25, 0.3) is 0 Å². The van der Waals surface area contributed by atoms with Gasteiger partial charge in [0, 0.05) is 49.4 Å². The number of amides is 3. The first-order valence-electron chi connectivity index (χ1n) is 11.8. The largest absolute Gasteiger partial charge is 0.349 e. The molecule has 0 aromatic heterocycles. The summed E-state index contributed by atoms with van der Waals surface area (Å²) in [6.45, 7) is 2.71. The molecule has 1 heterocycles. The topological polar surface area (TPSA) is 139 Å². The van der Waals surface area contributed by atoms with Gasteiger partial charge in [0.2, 0.25) is 0 Å². The smallest absolute Gasteiger partial charge is 0.269 e. The predicted octanol–water partition coefficient (Wildman–Crippen LogP) is 2.60. The van der Waals surface area contributed by atoms with Gasteiger partial charge >= 0.3 is 0 Å². The highest BCUT2D eigenvalue weighted by molar-refractivity contribution is 6.02. The summed E-state index contributed by atoms with van der Waals surface area (Å²) in [5, 5.41) is 13.8. The number of non-ortho nitro benzene ring substituents is 1. The number of hydrogen-bond donors (Lipinski definition) is 2. The molecule has 1 unspecified atom stereocenters. The van der Waals surface area contributed by atoms with Gasteiger partial charge < -0.3 is 20.9 Å². The Morgan fingerprint density at radius 1 is 0.919 bits per heavy atom. The van der Waals surface area contributed by atoms with E-state index in [1.807, 2.05) is 37.3 Å².